The summed E-state index contributed by atoms with van der Waals surface area (Å²) in [6.07, 6.45) is 3.33. The first-order valence-electron chi connectivity index (χ1n) is 13.0. The van der Waals surface area contributed by atoms with Gasteiger partial charge in [-0.3, -0.25) is 9.78 Å². The molecule has 2 N–H and O–H groups in total. The van der Waals surface area contributed by atoms with Crippen LogP contribution in [0.3, 0.4) is 0 Å². The quantitative estimate of drug-likeness (QED) is 0.382. The van der Waals surface area contributed by atoms with E-state index in [0.717, 1.165) is 33.6 Å². The van der Waals surface area contributed by atoms with Gasteiger partial charge in [-0.05, 0) is 56.2 Å². The van der Waals surface area contributed by atoms with Gasteiger partial charge in [0.2, 0.25) is 5.88 Å². The molecule has 2 aromatic carbocycles. The summed E-state index contributed by atoms with van der Waals surface area (Å²) in [5, 5.41) is 18.0. The highest BCUT2D eigenvalue weighted by molar-refractivity contribution is 6.62. The van der Waals surface area contributed by atoms with Crippen LogP contribution in [0.4, 0.5) is 11.6 Å². The van der Waals surface area contributed by atoms with Crippen molar-refractivity contribution in [1.82, 2.24) is 4.98 Å². The van der Waals surface area contributed by atoms with E-state index in [-0.39, 0.29) is 11.5 Å². The van der Waals surface area contributed by atoms with Gasteiger partial charge >= 0.3 is 7.12 Å². The number of aryl methyl sites for hydroxylation is 1. The fraction of sp³-hybridized carbons (Fsp3) is 0.276. The number of nitrogens with one attached hydrogen (secondary N) is 1. The van der Waals surface area contributed by atoms with Gasteiger partial charge in [0.1, 0.15) is 5.58 Å². The van der Waals surface area contributed by atoms with E-state index in [1.165, 1.54) is 0 Å². The summed E-state index contributed by atoms with van der Waals surface area (Å²) < 4.78 is 17.0. The number of ether oxygens (including phenoxy) is 1. The van der Waals surface area contributed by atoms with Crippen LogP contribution in [0.2, 0.25) is 0 Å². The molecule has 0 bridgehead atoms. The number of hydrogen-bond donors (Lipinski definition) is 2. The lowest BCUT2D eigenvalue weighted by Crippen LogP contribution is -2.37. The Morgan fingerprint density at radius 1 is 1.13 bits per heavy atom. The number of rotatable bonds is 5. The molecule has 9 nitrogen and oxygen atoms in total. The van der Waals surface area contributed by atoms with Gasteiger partial charge in [0.15, 0.2) is 5.43 Å². The molecule has 1 saturated heterocycles. The van der Waals surface area contributed by atoms with Crippen LogP contribution in [0, 0.1) is 13.8 Å². The first-order chi connectivity index (χ1) is 18.9. The zero-order valence-electron chi connectivity index (χ0n) is 22.1. The Kier molecular flexibility index (Phi) is 6.58. The first kappa shape index (κ1) is 25.2. The maximum atomic E-state index is 13.5. The smallest absolute Gasteiger partial charge is 0.440 e. The molecule has 0 radical (unpaired) electrons. The van der Waals surface area contributed by atoms with Crippen molar-refractivity contribution in [2.45, 2.75) is 26.8 Å². The Hall–Kier alpha value is -4.15. The highest BCUT2D eigenvalue weighted by Crippen LogP contribution is 2.34. The molecule has 0 saturated carbocycles. The number of aromatic nitrogens is 1. The van der Waals surface area contributed by atoms with Crippen LogP contribution < -0.4 is 21.1 Å². The molecule has 2 aliphatic rings. The number of morpholine rings is 1. The van der Waals surface area contributed by atoms with Crippen LogP contribution in [0.25, 0.3) is 22.2 Å². The van der Waals surface area contributed by atoms with E-state index in [0.29, 0.717) is 54.2 Å². The maximum Gasteiger partial charge on any atom is 0.583 e. The van der Waals surface area contributed by atoms with Crippen LogP contribution in [-0.4, -0.2) is 49.6 Å². The first-order valence-corrected chi connectivity index (χ1v) is 13.0. The van der Waals surface area contributed by atoms with Gasteiger partial charge in [0, 0.05) is 35.9 Å². The Morgan fingerprint density at radius 2 is 1.95 bits per heavy atom. The second-order valence-electron chi connectivity index (χ2n) is 9.99. The number of oxime groups is 1. The van der Waals surface area contributed by atoms with Crippen molar-refractivity contribution in [3.63, 3.8) is 0 Å². The molecule has 0 amide bonds. The minimum Gasteiger partial charge on any atom is -0.440 e. The minimum absolute atomic E-state index is 0.0150. The number of hydrogen-bond acceptors (Lipinski definition) is 9. The van der Waals surface area contributed by atoms with E-state index in [1.54, 1.807) is 12.4 Å². The van der Waals surface area contributed by atoms with E-state index in [1.807, 2.05) is 57.2 Å². The minimum atomic E-state index is -1.09. The molecule has 1 atom stereocenters. The normalized spacial score (nSPS) is 15.7. The van der Waals surface area contributed by atoms with Crippen LogP contribution in [-0.2, 0) is 9.49 Å². The van der Waals surface area contributed by atoms with Crippen LogP contribution >= 0.6 is 0 Å². The molecule has 0 aliphatic carbocycles. The molecular formula is C29H29BN4O5. The van der Waals surface area contributed by atoms with E-state index < -0.39 is 7.12 Å². The average Bonchev–Trinajstić information content (AvgIpc) is 2.95. The van der Waals surface area contributed by atoms with Crippen molar-refractivity contribution in [3.8, 4) is 11.3 Å². The highest BCUT2D eigenvalue weighted by Gasteiger charge is 2.26. The third-order valence-electron chi connectivity index (χ3n) is 7.29. The lowest BCUT2D eigenvalue weighted by Gasteiger charge is -2.29. The van der Waals surface area contributed by atoms with Crippen LogP contribution in [0.15, 0.2) is 63.0 Å². The Morgan fingerprint density at radius 3 is 2.77 bits per heavy atom. The summed E-state index contributed by atoms with van der Waals surface area (Å²) >= 11 is 0. The van der Waals surface area contributed by atoms with Crippen molar-refractivity contribution in [2.24, 2.45) is 5.16 Å². The predicted octanol–water partition coefficient (Wildman–Crippen LogP) is 3.53. The molecule has 10 heteroatoms. The summed E-state index contributed by atoms with van der Waals surface area (Å²) in [6.45, 7) is 8.43. The molecule has 39 heavy (non-hydrogen) atoms. The Bertz CT molecular complexity index is 1650. The molecule has 2 aliphatic heterocycles. The van der Waals surface area contributed by atoms with Crippen molar-refractivity contribution in [2.75, 3.05) is 36.5 Å². The van der Waals surface area contributed by atoms with E-state index >= 15 is 0 Å². The summed E-state index contributed by atoms with van der Waals surface area (Å²) in [5.74, 6) is 0.608. The molecule has 198 valence electrons. The third-order valence-corrected chi connectivity index (χ3v) is 7.29. The van der Waals surface area contributed by atoms with Gasteiger partial charge < -0.3 is 29.1 Å². The van der Waals surface area contributed by atoms with E-state index in [2.05, 4.69) is 26.4 Å². The molecule has 6 rings (SSSR count). The largest absolute Gasteiger partial charge is 0.583 e. The highest BCUT2D eigenvalue weighted by atomic mass is 16.6. The van der Waals surface area contributed by atoms with Gasteiger partial charge in [-0.25, -0.2) is 0 Å². The van der Waals surface area contributed by atoms with E-state index in [4.69, 9.17) is 13.9 Å². The molecule has 1 fully saturated rings. The Labute approximate surface area is 226 Å². The molecule has 4 aromatic rings. The summed E-state index contributed by atoms with van der Waals surface area (Å²) in [5.41, 5.74) is 6.94. The number of fused-ring (bicyclic) bond motifs is 2. The van der Waals surface area contributed by atoms with Gasteiger partial charge in [-0.2, -0.15) is 0 Å². The maximum absolute atomic E-state index is 13.5. The molecule has 0 spiro atoms. The fourth-order valence-electron chi connectivity index (χ4n) is 5.27. The van der Waals surface area contributed by atoms with Gasteiger partial charge in [0.25, 0.3) is 0 Å². The summed E-state index contributed by atoms with van der Waals surface area (Å²) in [4.78, 5) is 20.2. The van der Waals surface area contributed by atoms with Crippen LogP contribution in [0.5, 0.6) is 0 Å². The number of anilines is 2. The third kappa shape index (κ3) is 4.66. The second kappa shape index (κ2) is 10.2. The van der Waals surface area contributed by atoms with Crippen molar-refractivity contribution in [1.29, 1.82) is 0 Å². The lowest BCUT2D eigenvalue weighted by atomic mass is 9.75. The number of pyridine rings is 1. The van der Waals surface area contributed by atoms with Crippen LogP contribution in [0.1, 0.15) is 35.2 Å². The summed E-state index contributed by atoms with van der Waals surface area (Å²) in [7, 11) is -1.09. The molecule has 2 aromatic heterocycles. The zero-order valence-corrected chi connectivity index (χ0v) is 22.1. The lowest BCUT2D eigenvalue weighted by molar-refractivity contribution is 0.120. The fourth-order valence-corrected chi connectivity index (χ4v) is 5.27. The second-order valence-corrected chi connectivity index (χ2v) is 9.99. The standard InChI is InChI=1S/C29H29BN4O5/c1-17-13-22(28-23(14-17)27(35)18(2)29(38-28)34-9-11-37-12-10-34)19(3)33-25-5-4-8-31-26(25)20-6-7-24-21(15-20)16-32-39-30(24)36/h4-8,13-16,19,33,36H,9-12H2,1-3H3/t19-/m0/s1. The molecular weight excluding hydrogens is 495 g/mol. The monoisotopic (exact) mass is 524 g/mol. The predicted molar refractivity (Wildman–Crippen MR) is 153 cm³/mol. The molecule has 0 unspecified atom stereocenters. The van der Waals surface area contributed by atoms with Gasteiger partial charge in [-0.1, -0.05) is 18.2 Å². The van der Waals surface area contributed by atoms with Crippen molar-refractivity contribution >= 4 is 41.3 Å². The van der Waals surface area contributed by atoms with Gasteiger partial charge in [0.05, 0.1) is 47.8 Å². The SMILES string of the molecule is Cc1cc([C@H](C)Nc2cccnc2-c2ccc3c(c2)C=NOB3O)c2oc(N3CCOCC3)c(C)c(=O)c2c1. The Balaban J connectivity index is 1.40. The number of benzene rings is 2. The van der Waals surface area contributed by atoms with Crippen molar-refractivity contribution in [3.05, 3.63) is 81.1 Å². The summed E-state index contributed by atoms with van der Waals surface area (Å²) in [6, 6.07) is 13.3. The average molecular weight is 524 g/mol. The van der Waals surface area contributed by atoms with Crippen molar-refractivity contribution < 1.29 is 18.9 Å². The van der Waals surface area contributed by atoms with Gasteiger partial charge in [-0.15, -0.1) is 5.16 Å². The zero-order chi connectivity index (χ0) is 27.1. The number of nitrogens with zero attached hydrogens (tertiary/aromatic N) is 3. The topological polar surface area (TPSA) is 109 Å². The van der Waals surface area contributed by atoms with E-state index in [9.17, 15) is 9.82 Å². The molecule has 4 heterocycles.